The minimum absolute atomic E-state index is 0.101. The average molecular weight is 359 g/mol. The number of hydrogen-bond donors (Lipinski definition) is 2. The second-order valence-electron chi connectivity index (χ2n) is 6.43. The molecule has 1 aromatic rings. The third-order valence-electron chi connectivity index (χ3n) is 4.12. The lowest BCUT2D eigenvalue weighted by molar-refractivity contribution is -0.117. The summed E-state index contributed by atoms with van der Waals surface area (Å²) in [6, 6.07) is 0. The molecule has 1 saturated heterocycles. The van der Waals surface area contributed by atoms with Crippen LogP contribution in [0.2, 0.25) is 0 Å². The molecule has 0 aliphatic carbocycles. The molecule has 0 saturated carbocycles. The van der Waals surface area contributed by atoms with Crippen LogP contribution < -0.4 is 5.32 Å². The first-order chi connectivity index (χ1) is 11.1. The summed E-state index contributed by atoms with van der Waals surface area (Å²) in [4.78, 5) is 13.9. The van der Waals surface area contributed by atoms with Crippen molar-refractivity contribution in [2.45, 2.75) is 13.0 Å². The summed E-state index contributed by atoms with van der Waals surface area (Å²) in [7, 11) is 1.33. The molecule has 1 amide bonds. The summed E-state index contributed by atoms with van der Waals surface area (Å²) in [6.07, 6.45) is 0.964. The van der Waals surface area contributed by atoms with Crippen LogP contribution in [-0.4, -0.2) is 84.0 Å². The molecule has 0 bridgehead atoms. The number of likely N-dealkylation sites (tertiary alicyclic amines) is 1. The Morgan fingerprint density at radius 2 is 2.12 bits per heavy atom. The summed E-state index contributed by atoms with van der Waals surface area (Å²) < 4.78 is 26.7. The first-order valence-electron chi connectivity index (χ1n) is 7.69. The van der Waals surface area contributed by atoms with Crippen LogP contribution in [-0.2, 0) is 21.9 Å². The van der Waals surface area contributed by atoms with Crippen LogP contribution in [0, 0.1) is 12.8 Å². The zero-order chi connectivity index (χ0) is 18.1. The number of amides is 1. The third-order valence-corrected chi connectivity index (χ3v) is 6.08. The number of aliphatic hydroxyl groups excluding tert-OH is 1. The summed E-state index contributed by atoms with van der Waals surface area (Å²) in [6.45, 7) is 2.56. The van der Waals surface area contributed by atoms with Crippen molar-refractivity contribution in [3.63, 3.8) is 0 Å². The number of aryl methyl sites for hydroxylation is 2. The van der Waals surface area contributed by atoms with Crippen molar-refractivity contribution in [1.82, 2.24) is 19.0 Å². The molecule has 0 spiro atoms. The molecule has 2 heterocycles. The number of carbonyl (C=O) groups excluding carboxylic acids is 1. The molecule has 0 aromatic carbocycles. The Hall–Kier alpha value is -1.49. The molecule has 2 rings (SSSR count). The predicted molar refractivity (Wildman–Crippen MR) is 90.0 cm³/mol. The second-order valence-corrected chi connectivity index (χ2v) is 8.66. The predicted octanol–water partition coefficient (Wildman–Crippen LogP) is -1.15. The van der Waals surface area contributed by atoms with Crippen LogP contribution in [0.1, 0.15) is 5.69 Å². The van der Waals surface area contributed by atoms with E-state index in [0.717, 1.165) is 10.00 Å². The highest BCUT2D eigenvalue weighted by Gasteiger charge is 2.35. The van der Waals surface area contributed by atoms with Crippen LogP contribution in [0.3, 0.4) is 0 Å². The molecule has 1 aromatic heterocycles. The van der Waals surface area contributed by atoms with Gasteiger partial charge >= 0.3 is 0 Å². The van der Waals surface area contributed by atoms with Gasteiger partial charge in [0.25, 0.3) is 0 Å². The molecular formula is C14H25N5O4S. The van der Waals surface area contributed by atoms with E-state index in [1.807, 2.05) is 0 Å². The Kier molecular flexibility index (Phi) is 5.63. The van der Waals surface area contributed by atoms with Gasteiger partial charge < -0.3 is 10.4 Å². The van der Waals surface area contributed by atoms with Crippen LogP contribution in [0.15, 0.2) is 6.20 Å². The largest absolute Gasteiger partial charge is 0.391 e. The van der Waals surface area contributed by atoms with Crippen LogP contribution in [0.25, 0.3) is 0 Å². The Morgan fingerprint density at radius 1 is 1.46 bits per heavy atom. The highest BCUT2D eigenvalue weighted by Crippen LogP contribution is 2.20. The summed E-state index contributed by atoms with van der Waals surface area (Å²) in [5.74, 6) is -0.735. The average Bonchev–Trinajstić information content (AvgIpc) is 2.92. The number of aromatic nitrogens is 2. The van der Waals surface area contributed by atoms with Crippen molar-refractivity contribution in [2.24, 2.45) is 13.0 Å². The molecule has 1 aliphatic rings. The SMILES string of the molecule is Cc1nn(C)cc1NC(=O)CN1C[C@@H](CS(=O)(=O)N(C)C)[C@@H](O)C1. The Bertz CT molecular complexity index is 700. The lowest BCUT2D eigenvalue weighted by Gasteiger charge is -2.17. The molecular weight excluding hydrogens is 334 g/mol. The van der Waals surface area contributed by atoms with E-state index in [1.54, 1.807) is 29.7 Å². The van der Waals surface area contributed by atoms with Crippen LogP contribution >= 0.6 is 0 Å². The van der Waals surface area contributed by atoms with Gasteiger partial charge in [-0.3, -0.25) is 14.4 Å². The first-order valence-corrected chi connectivity index (χ1v) is 9.30. The minimum Gasteiger partial charge on any atom is -0.391 e. The van der Waals surface area contributed by atoms with E-state index in [0.29, 0.717) is 12.2 Å². The highest BCUT2D eigenvalue weighted by atomic mass is 32.2. The van der Waals surface area contributed by atoms with Gasteiger partial charge in [0.05, 0.1) is 29.8 Å². The lowest BCUT2D eigenvalue weighted by Crippen LogP contribution is -2.34. The Morgan fingerprint density at radius 3 is 2.67 bits per heavy atom. The topological polar surface area (TPSA) is 108 Å². The van der Waals surface area contributed by atoms with Crippen molar-refractivity contribution < 1.29 is 18.3 Å². The summed E-state index contributed by atoms with van der Waals surface area (Å²) >= 11 is 0. The maximum Gasteiger partial charge on any atom is 0.238 e. The van der Waals surface area contributed by atoms with Crippen molar-refractivity contribution in [2.75, 3.05) is 44.8 Å². The molecule has 2 atom stereocenters. The van der Waals surface area contributed by atoms with E-state index in [2.05, 4.69) is 10.4 Å². The first kappa shape index (κ1) is 18.8. The van der Waals surface area contributed by atoms with Gasteiger partial charge in [0.15, 0.2) is 0 Å². The van der Waals surface area contributed by atoms with E-state index >= 15 is 0 Å². The van der Waals surface area contributed by atoms with Gasteiger partial charge in [-0.05, 0) is 6.92 Å². The molecule has 9 nitrogen and oxygen atoms in total. The maximum atomic E-state index is 12.1. The van der Waals surface area contributed by atoms with Gasteiger partial charge in [0.2, 0.25) is 15.9 Å². The van der Waals surface area contributed by atoms with Crippen LogP contribution in [0.4, 0.5) is 5.69 Å². The number of anilines is 1. The number of hydrogen-bond acceptors (Lipinski definition) is 6. The van der Waals surface area contributed by atoms with Gasteiger partial charge in [0, 0.05) is 46.3 Å². The molecule has 24 heavy (non-hydrogen) atoms. The Labute approximate surface area is 142 Å². The number of nitrogens with zero attached hydrogens (tertiary/aromatic N) is 4. The lowest BCUT2D eigenvalue weighted by atomic mass is 10.1. The summed E-state index contributed by atoms with van der Waals surface area (Å²) in [5.41, 5.74) is 1.37. The van der Waals surface area contributed by atoms with E-state index < -0.39 is 22.0 Å². The normalized spacial score (nSPS) is 22.2. The fourth-order valence-corrected chi connectivity index (χ4v) is 3.94. The van der Waals surface area contributed by atoms with E-state index in [1.165, 1.54) is 14.1 Å². The van der Waals surface area contributed by atoms with Crippen molar-refractivity contribution in [1.29, 1.82) is 0 Å². The standard InChI is InChI=1S/C14H25N5O4S/c1-10-12(6-18(4)16-10)15-14(21)8-19-5-11(13(20)7-19)9-24(22,23)17(2)3/h6,11,13,20H,5,7-9H2,1-4H3,(H,15,21)/t11-,13-/m0/s1. The van der Waals surface area contributed by atoms with Crippen molar-refractivity contribution in [3.8, 4) is 0 Å². The van der Waals surface area contributed by atoms with E-state index in [9.17, 15) is 18.3 Å². The number of nitrogens with one attached hydrogen (secondary N) is 1. The van der Waals surface area contributed by atoms with Crippen molar-refractivity contribution in [3.05, 3.63) is 11.9 Å². The van der Waals surface area contributed by atoms with Gasteiger partial charge in [-0.1, -0.05) is 0 Å². The molecule has 1 aliphatic heterocycles. The quantitative estimate of drug-likeness (QED) is 0.664. The molecule has 0 unspecified atom stereocenters. The fourth-order valence-electron chi connectivity index (χ4n) is 2.77. The van der Waals surface area contributed by atoms with E-state index in [4.69, 9.17) is 0 Å². The number of aliphatic hydroxyl groups is 1. The zero-order valence-electron chi connectivity index (χ0n) is 14.4. The van der Waals surface area contributed by atoms with Crippen molar-refractivity contribution >= 4 is 21.6 Å². The zero-order valence-corrected chi connectivity index (χ0v) is 15.2. The third kappa shape index (κ3) is 4.53. The van der Waals surface area contributed by atoms with Gasteiger partial charge in [0.1, 0.15) is 0 Å². The molecule has 136 valence electrons. The highest BCUT2D eigenvalue weighted by molar-refractivity contribution is 7.89. The Balaban J connectivity index is 1.90. The van der Waals surface area contributed by atoms with Gasteiger partial charge in [-0.25, -0.2) is 12.7 Å². The van der Waals surface area contributed by atoms with Gasteiger partial charge in [-0.2, -0.15) is 5.10 Å². The number of rotatable bonds is 6. The minimum atomic E-state index is -3.38. The second kappa shape index (κ2) is 7.18. The van der Waals surface area contributed by atoms with Crippen LogP contribution in [0.5, 0.6) is 0 Å². The maximum absolute atomic E-state index is 12.1. The van der Waals surface area contributed by atoms with E-state index in [-0.39, 0.29) is 24.7 Å². The smallest absolute Gasteiger partial charge is 0.238 e. The number of β-amino-alcohol motifs (C(OH)–C–C–N with tert-alkyl or cyclic N) is 1. The summed E-state index contributed by atoms with van der Waals surface area (Å²) in [5, 5.41) is 17.0. The molecule has 10 heteroatoms. The fraction of sp³-hybridized carbons (Fsp3) is 0.714. The monoisotopic (exact) mass is 359 g/mol. The number of carbonyl (C=O) groups is 1. The molecule has 1 fully saturated rings. The molecule has 0 radical (unpaired) electrons. The van der Waals surface area contributed by atoms with Gasteiger partial charge in [-0.15, -0.1) is 0 Å². The number of sulfonamides is 1. The molecule has 2 N–H and O–H groups in total.